The Labute approximate surface area is 113 Å². The fourth-order valence-electron chi connectivity index (χ4n) is 1.77. The lowest BCUT2D eigenvalue weighted by atomic mass is 10.1. The number of aliphatic hydroxyl groups is 1. The molecule has 0 aliphatic carbocycles. The molecule has 0 fully saturated rings. The van der Waals surface area contributed by atoms with Crippen molar-refractivity contribution in [3.8, 4) is 5.88 Å². The second-order valence-corrected chi connectivity index (χ2v) is 4.33. The van der Waals surface area contributed by atoms with E-state index in [0.717, 1.165) is 17.7 Å². The first kappa shape index (κ1) is 13.5. The summed E-state index contributed by atoms with van der Waals surface area (Å²) in [6, 6.07) is 11.3. The van der Waals surface area contributed by atoms with Crippen LogP contribution < -0.4 is 4.74 Å². The summed E-state index contributed by atoms with van der Waals surface area (Å²) in [5, 5.41) is 10.1. The SMILES string of the molecule is CCCOc1cc(CC(O)c2ccccc2)ncn1. The van der Waals surface area contributed by atoms with Crippen molar-refractivity contribution >= 4 is 0 Å². The number of aliphatic hydroxyl groups excluding tert-OH is 1. The molecule has 0 bridgehead atoms. The predicted molar refractivity (Wildman–Crippen MR) is 72.9 cm³/mol. The fourth-order valence-corrected chi connectivity index (χ4v) is 1.77. The van der Waals surface area contributed by atoms with E-state index in [-0.39, 0.29) is 0 Å². The highest BCUT2D eigenvalue weighted by atomic mass is 16.5. The molecule has 4 nitrogen and oxygen atoms in total. The summed E-state index contributed by atoms with van der Waals surface area (Å²) >= 11 is 0. The van der Waals surface area contributed by atoms with Gasteiger partial charge in [0, 0.05) is 12.5 Å². The van der Waals surface area contributed by atoms with E-state index >= 15 is 0 Å². The second-order valence-electron chi connectivity index (χ2n) is 4.33. The molecule has 0 radical (unpaired) electrons. The smallest absolute Gasteiger partial charge is 0.216 e. The number of hydrogen-bond donors (Lipinski definition) is 1. The van der Waals surface area contributed by atoms with E-state index < -0.39 is 6.10 Å². The number of rotatable bonds is 6. The molecule has 0 saturated carbocycles. The molecule has 1 N–H and O–H groups in total. The van der Waals surface area contributed by atoms with Gasteiger partial charge in [0.15, 0.2) is 0 Å². The summed E-state index contributed by atoms with van der Waals surface area (Å²) in [6.45, 7) is 2.68. The maximum Gasteiger partial charge on any atom is 0.216 e. The van der Waals surface area contributed by atoms with E-state index in [9.17, 15) is 5.11 Å². The minimum atomic E-state index is -0.560. The third-order valence-electron chi connectivity index (χ3n) is 2.74. The van der Waals surface area contributed by atoms with Crippen molar-refractivity contribution in [3.05, 3.63) is 54.0 Å². The van der Waals surface area contributed by atoms with E-state index in [1.54, 1.807) is 6.07 Å². The molecule has 0 spiro atoms. The van der Waals surface area contributed by atoms with Gasteiger partial charge in [-0.15, -0.1) is 0 Å². The predicted octanol–water partition coefficient (Wildman–Crippen LogP) is 2.54. The normalized spacial score (nSPS) is 12.1. The highest BCUT2D eigenvalue weighted by molar-refractivity contribution is 5.21. The zero-order valence-corrected chi connectivity index (χ0v) is 11.0. The zero-order chi connectivity index (χ0) is 13.5. The Morgan fingerprint density at radius 2 is 2.00 bits per heavy atom. The van der Waals surface area contributed by atoms with E-state index in [0.29, 0.717) is 18.9 Å². The Balaban J connectivity index is 2.02. The Morgan fingerprint density at radius 3 is 2.74 bits per heavy atom. The topological polar surface area (TPSA) is 55.2 Å². The first-order valence-electron chi connectivity index (χ1n) is 6.46. The maximum absolute atomic E-state index is 10.1. The van der Waals surface area contributed by atoms with Crippen molar-refractivity contribution in [2.45, 2.75) is 25.9 Å². The molecule has 1 aromatic carbocycles. The molecule has 2 aromatic rings. The van der Waals surface area contributed by atoms with Crippen molar-refractivity contribution in [2.75, 3.05) is 6.61 Å². The molecule has 100 valence electrons. The van der Waals surface area contributed by atoms with E-state index in [1.165, 1.54) is 6.33 Å². The Morgan fingerprint density at radius 1 is 1.21 bits per heavy atom. The molecule has 1 unspecified atom stereocenters. The molecule has 0 aliphatic rings. The van der Waals surface area contributed by atoms with Crippen LogP contribution in [0.3, 0.4) is 0 Å². The van der Waals surface area contributed by atoms with Gasteiger partial charge in [-0.25, -0.2) is 9.97 Å². The molecule has 1 atom stereocenters. The van der Waals surface area contributed by atoms with Crippen LogP contribution >= 0.6 is 0 Å². The molecule has 19 heavy (non-hydrogen) atoms. The van der Waals surface area contributed by atoms with Gasteiger partial charge in [0.25, 0.3) is 0 Å². The van der Waals surface area contributed by atoms with Crippen molar-refractivity contribution < 1.29 is 9.84 Å². The summed E-state index contributed by atoms with van der Waals surface area (Å²) in [5.74, 6) is 0.562. The summed E-state index contributed by atoms with van der Waals surface area (Å²) in [5.41, 5.74) is 1.66. The lowest BCUT2D eigenvalue weighted by Crippen LogP contribution is -2.05. The van der Waals surface area contributed by atoms with Crippen LogP contribution in [0, 0.1) is 0 Å². The maximum atomic E-state index is 10.1. The summed E-state index contributed by atoms with van der Waals surface area (Å²) in [6.07, 6.45) is 2.30. The average Bonchev–Trinajstić information content (AvgIpc) is 2.46. The molecule has 1 aromatic heterocycles. The van der Waals surface area contributed by atoms with Crippen LogP contribution in [0.15, 0.2) is 42.7 Å². The van der Waals surface area contributed by atoms with Gasteiger partial charge in [-0.2, -0.15) is 0 Å². The molecule has 0 aliphatic heterocycles. The molecule has 2 rings (SSSR count). The van der Waals surface area contributed by atoms with Gasteiger partial charge in [-0.05, 0) is 12.0 Å². The van der Waals surface area contributed by atoms with Gasteiger partial charge < -0.3 is 9.84 Å². The molecule has 0 amide bonds. The Kier molecular flexibility index (Phi) is 4.86. The average molecular weight is 258 g/mol. The number of ether oxygens (including phenoxy) is 1. The van der Waals surface area contributed by atoms with Gasteiger partial charge in [0.1, 0.15) is 6.33 Å². The van der Waals surface area contributed by atoms with Crippen LogP contribution in [0.1, 0.15) is 30.7 Å². The molecule has 0 saturated heterocycles. The molecular weight excluding hydrogens is 240 g/mol. The first-order chi connectivity index (χ1) is 9.29. The number of nitrogens with zero attached hydrogens (tertiary/aromatic N) is 2. The van der Waals surface area contributed by atoms with Crippen LogP contribution in [-0.4, -0.2) is 21.7 Å². The first-order valence-corrected chi connectivity index (χ1v) is 6.46. The standard InChI is InChI=1S/C15H18N2O2/c1-2-8-19-15-10-13(16-11-17-15)9-14(18)12-6-4-3-5-7-12/h3-7,10-11,14,18H,2,8-9H2,1H3. The molecule has 4 heteroatoms. The lowest BCUT2D eigenvalue weighted by Gasteiger charge is -2.11. The fraction of sp³-hybridized carbons (Fsp3) is 0.333. The van der Waals surface area contributed by atoms with Crippen LogP contribution in [0.25, 0.3) is 0 Å². The van der Waals surface area contributed by atoms with E-state index in [1.807, 2.05) is 37.3 Å². The number of benzene rings is 1. The van der Waals surface area contributed by atoms with Crippen molar-refractivity contribution in [2.24, 2.45) is 0 Å². The quantitative estimate of drug-likeness (QED) is 0.865. The monoisotopic (exact) mass is 258 g/mol. The van der Waals surface area contributed by atoms with Crippen LogP contribution in [-0.2, 0) is 6.42 Å². The second kappa shape index (κ2) is 6.85. The summed E-state index contributed by atoms with van der Waals surface area (Å²) in [7, 11) is 0. The Hall–Kier alpha value is -1.94. The van der Waals surface area contributed by atoms with Crippen molar-refractivity contribution in [1.29, 1.82) is 0 Å². The largest absolute Gasteiger partial charge is 0.478 e. The Bertz CT molecular complexity index is 503. The van der Waals surface area contributed by atoms with Crippen LogP contribution in [0.2, 0.25) is 0 Å². The van der Waals surface area contributed by atoms with Crippen LogP contribution in [0.4, 0.5) is 0 Å². The van der Waals surface area contributed by atoms with E-state index in [4.69, 9.17) is 4.74 Å². The van der Waals surface area contributed by atoms with Crippen molar-refractivity contribution in [1.82, 2.24) is 9.97 Å². The number of hydrogen-bond acceptors (Lipinski definition) is 4. The van der Waals surface area contributed by atoms with Crippen LogP contribution in [0.5, 0.6) is 5.88 Å². The summed E-state index contributed by atoms with van der Waals surface area (Å²) in [4.78, 5) is 8.20. The highest BCUT2D eigenvalue weighted by Gasteiger charge is 2.10. The minimum absolute atomic E-state index is 0.453. The van der Waals surface area contributed by atoms with Gasteiger partial charge >= 0.3 is 0 Å². The van der Waals surface area contributed by atoms with Crippen molar-refractivity contribution in [3.63, 3.8) is 0 Å². The third kappa shape index (κ3) is 4.03. The number of aromatic nitrogens is 2. The third-order valence-corrected chi connectivity index (χ3v) is 2.74. The molecule has 1 heterocycles. The van der Waals surface area contributed by atoms with Gasteiger partial charge in [-0.1, -0.05) is 37.3 Å². The van der Waals surface area contributed by atoms with Gasteiger partial charge in [0.05, 0.1) is 18.4 Å². The minimum Gasteiger partial charge on any atom is -0.478 e. The highest BCUT2D eigenvalue weighted by Crippen LogP contribution is 2.18. The molecular formula is C15H18N2O2. The lowest BCUT2D eigenvalue weighted by molar-refractivity contribution is 0.177. The van der Waals surface area contributed by atoms with E-state index in [2.05, 4.69) is 9.97 Å². The summed E-state index contributed by atoms with van der Waals surface area (Å²) < 4.78 is 5.45. The van der Waals surface area contributed by atoms with Gasteiger partial charge in [0.2, 0.25) is 5.88 Å². The zero-order valence-electron chi connectivity index (χ0n) is 11.0. The van der Waals surface area contributed by atoms with Gasteiger partial charge in [-0.3, -0.25) is 0 Å².